The second-order valence-electron chi connectivity index (χ2n) is 13.8. The summed E-state index contributed by atoms with van der Waals surface area (Å²) < 4.78 is 16.5. The minimum absolute atomic E-state index is 0.00922. The first-order chi connectivity index (χ1) is 21.9. The van der Waals surface area contributed by atoms with Crippen LogP contribution in [-0.2, 0) is 25.3 Å². The van der Waals surface area contributed by atoms with E-state index >= 15 is 0 Å². The molecular weight excluding hydrogens is 623 g/mol. The highest BCUT2D eigenvalue weighted by atomic mass is 31.1. The summed E-state index contributed by atoms with van der Waals surface area (Å²) in [4.78, 5) is 44.3. The number of carboxylic acids is 1. The Bertz CT molecular complexity index is 1360. The zero-order chi connectivity index (χ0) is 35.0. The van der Waals surface area contributed by atoms with E-state index in [-0.39, 0.29) is 45.1 Å². The van der Waals surface area contributed by atoms with E-state index in [1.54, 1.807) is 55.6 Å². The fourth-order valence-corrected chi connectivity index (χ4v) is 8.73. The summed E-state index contributed by atoms with van der Waals surface area (Å²) in [6, 6.07) is 15.8. The Morgan fingerprint density at radius 3 is 2.06 bits per heavy atom. The van der Waals surface area contributed by atoms with Gasteiger partial charge in [0, 0.05) is 30.9 Å². The zero-order valence-electron chi connectivity index (χ0n) is 29.0. The molecule has 3 atom stereocenters. The lowest BCUT2D eigenvalue weighted by Crippen LogP contribution is -2.69. The number of quaternary nitrogens is 1. The molecule has 1 heterocycles. The predicted molar refractivity (Wildman–Crippen MR) is 182 cm³/mol. The fourth-order valence-electron chi connectivity index (χ4n) is 5.75. The van der Waals surface area contributed by atoms with Gasteiger partial charge in [-0.2, -0.15) is 4.81 Å². The number of carbonyl (C=O) groups excluding carboxylic acids is 2. The molecule has 1 saturated heterocycles. The molecule has 0 spiro atoms. The van der Waals surface area contributed by atoms with Crippen LogP contribution < -0.4 is 4.74 Å². The van der Waals surface area contributed by atoms with Gasteiger partial charge >= 0.3 is 18.2 Å². The maximum absolute atomic E-state index is 14.2. The van der Waals surface area contributed by atoms with Crippen molar-refractivity contribution in [3.63, 3.8) is 0 Å². The molecule has 47 heavy (non-hydrogen) atoms. The van der Waals surface area contributed by atoms with Gasteiger partial charge in [-0.15, -0.1) is 0 Å². The lowest BCUT2D eigenvalue weighted by Gasteiger charge is -2.55. The van der Waals surface area contributed by atoms with Crippen LogP contribution in [0.5, 0.6) is 5.75 Å². The Hall–Kier alpha value is -3.24. The van der Waals surface area contributed by atoms with Crippen LogP contribution in [0.4, 0.5) is 9.59 Å². The summed E-state index contributed by atoms with van der Waals surface area (Å²) in [7, 11) is 0.713. The number of nitrogens with zero attached hydrogens (tertiary/aromatic N) is 2. The van der Waals surface area contributed by atoms with Gasteiger partial charge in [0.25, 0.3) is 0 Å². The molecule has 2 aromatic rings. The highest BCUT2D eigenvalue weighted by Gasteiger charge is 2.58. The summed E-state index contributed by atoms with van der Waals surface area (Å²) in [6.45, 7) is 11.9. The number of methoxy groups -OCH3 is 1. The quantitative estimate of drug-likeness (QED) is 0.104. The molecule has 1 N–H and O–H groups in total. The van der Waals surface area contributed by atoms with E-state index in [1.807, 2.05) is 48.5 Å². The van der Waals surface area contributed by atoms with Gasteiger partial charge in [-0.05, 0) is 84.7 Å². The van der Waals surface area contributed by atoms with Gasteiger partial charge in [0.1, 0.15) is 30.1 Å². The molecule has 3 unspecified atom stereocenters. The van der Waals surface area contributed by atoms with Crippen LogP contribution in [0, 0.1) is 5.21 Å². The second-order valence-corrected chi connectivity index (χ2v) is 16.2. The van der Waals surface area contributed by atoms with E-state index in [4.69, 9.17) is 19.0 Å². The van der Waals surface area contributed by atoms with Gasteiger partial charge < -0.3 is 24.5 Å². The number of carboxylic acid groups (broad SMARTS) is 1. The number of rotatable bonds is 12. The number of imide groups is 1. The van der Waals surface area contributed by atoms with Crippen LogP contribution in [0.3, 0.4) is 0 Å². The molecule has 2 amide bonds. The second kappa shape index (κ2) is 15.8. The molecule has 11 nitrogen and oxygen atoms in total. The number of amides is 2. The summed E-state index contributed by atoms with van der Waals surface area (Å²) in [5.74, 6) is -0.461. The largest absolute Gasteiger partial charge is 0.597 e. The smallest absolute Gasteiger partial charge is 0.419 e. The Balaban J connectivity index is 1.85. The monoisotopic (exact) mass is 674 g/mol. The van der Waals surface area contributed by atoms with Gasteiger partial charge in [-0.3, -0.25) is 0 Å². The molecule has 0 aliphatic carbocycles. The van der Waals surface area contributed by atoms with Crippen LogP contribution in [0.15, 0.2) is 48.5 Å². The number of hydrogen-bond acceptors (Lipinski definition) is 8. The molecule has 0 radical (unpaired) electrons. The molecule has 1 aliphatic rings. The summed E-state index contributed by atoms with van der Waals surface area (Å²) in [5.41, 5.74) is -0.408. The standard InChI is InChI=1S/C35H51N2O9P/c1-9-44-37(42)22-23-47(24-26-16-10-11-17-27(26)28-18-12-13-19-29(28)43-8)25-35(37,30(38)39)20-14-15-21-36(31(40)45-33(2,3)4)32(41)46-34(5,6)7/h10-13,16-19H,9,14-15,20-25H2,1-8H3,(H,38,39). The molecule has 0 aromatic heterocycles. The van der Waals surface area contributed by atoms with Crippen molar-refractivity contribution in [1.82, 2.24) is 4.90 Å². The van der Waals surface area contributed by atoms with Gasteiger partial charge in [-0.1, -0.05) is 50.4 Å². The molecule has 1 fully saturated rings. The molecular formula is C35H51N2O9P. The molecule has 260 valence electrons. The normalized spacial score (nSPS) is 21.5. The predicted octanol–water partition coefficient (Wildman–Crippen LogP) is 7.79. The third kappa shape index (κ3) is 9.89. The van der Waals surface area contributed by atoms with E-state index in [0.29, 0.717) is 12.3 Å². The van der Waals surface area contributed by atoms with Crippen LogP contribution in [0.2, 0.25) is 0 Å². The first kappa shape index (κ1) is 38.2. The van der Waals surface area contributed by atoms with Crippen molar-refractivity contribution in [2.24, 2.45) is 0 Å². The number of hydrogen-bond donors (Lipinski definition) is 1. The number of carbonyl (C=O) groups is 3. The van der Waals surface area contributed by atoms with Crippen LogP contribution >= 0.6 is 7.92 Å². The highest BCUT2D eigenvalue weighted by molar-refractivity contribution is 7.57. The lowest BCUT2D eigenvalue weighted by atomic mass is 9.93. The van der Waals surface area contributed by atoms with E-state index in [9.17, 15) is 24.7 Å². The third-order valence-electron chi connectivity index (χ3n) is 7.84. The Labute approximate surface area is 280 Å². The molecule has 3 rings (SSSR count). The van der Waals surface area contributed by atoms with Gasteiger partial charge in [0.15, 0.2) is 0 Å². The van der Waals surface area contributed by atoms with Crippen molar-refractivity contribution in [1.29, 1.82) is 0 Å². The number of para-hydroxylation sites is 1. The number of unbranched alkanes of at least 4 members (excludes halogenated alkanes) is 1. The Morgan fingerprint density at radius 2 is 1.51 bits per heavy atom. The van der Waals surface area contributed by atoms with Crippen molar-refractivity contribution in [2.45, 2.75) is 90.6 Å². The molecule has 0 bridgehead atoms. The minimum atomic E-state index is -1.75. The molecule has 1 aliphatic heterocycles. The molecule has 0 saturated carbocycles. The Kier molecular flexibility index (Phi) is 12.8. The summed E-state index contributed by atoms with van der Waals surface area (Å²) >= 11 is 0. The fraction of sp³-hybridized carbons (Fsp3) is 0.571. The zero-order valence-corrected chi connectivity index (χ0v) is 29.9. The summed E-state index contributed by atoms with van der Waals surface area (Å²) in [6.07, 6.45) is 0.169. The van der Waals surface area contributed by atoms with Gasteiger partial charge in [0.2, 0.25) is 5.54 Å². The van der Waals surface area contributed by atoms with Crippen LogP contribution in [0.25, 0.3) is 11.1 Å². The molecule has 12 heteroatoms. The van der Waals surface area contributed by atoms with Crippen molar-refractivity contribution in [3.05, 3.63) is 59.3 Å². The maximum Gasteiger partial charge on any atom is 0.419 e. The maximum atomic E-state index is 14.2. The number of benzene rings is 2. The third-order valence-corrected chi connectivity index (χ3v) is 10.4. The van der Waals surface area contributed by atoms with Crippen molar-refractivity contribution in [2.75, 3.05) is 39.1 Å². The van der Waals surface area contributed by atoms with Crippen molar-refractivity contribution in [3.8, 4) is 16.9 Å². The number of hydroxylamine groups is 4. The first-order valence-electron chi connectivity index (χ1n) is 16.1. The van der Waals surface area contributed by atoms with Gasteiger partial charge in [0.05, 0.1) is 7.11 Å². The van der Waals surface area contributed by atoms with E-state index in [2.05, 4.69) is 0 Å². The SMILES string of the molecule is CCO[N+]1([O-])CCP(Cc2ccccc2-c2ccccc2OC)CC1(CCCCN(C(=O)OC(C)(C)C)C(=O)OC(C)(C)C)C(=O)O. The minimum Gasteiger partial charge on any atom is -0.597 e. The Morgan fingerprint density at radius 1 is 0.936 bits per heavy atom. The summed E-state index contributed by atoms with van der Waals surface area (Å²) in [5, 5.41) is 24.9. The highest BCUT2D eigenvalue weighted by Crippen LogP contribution is 2.53. The van der Waals surface area contributed by atoms with Crippen LogP contribution in [0.1, 0.15) is 73.3 Å². The lowest BCUT2D eigenvalue weighted by molar-refractivity contribution is -1.10. The number of ether oxygens (including phenoxy) is 3. The van der Waals surface area contributed by atoms with Crippen molar-refractivity contribution < 1.29 is 43.3 Å². The average Bonchev–Trinajstić information content (AvgIpc) is 2.97. The topological polar surface area (TPSA) is 135 Å². The first-order valence-corrected chi connectivity index (χ1v) is 18.0. The molecule has 2 aromatic carbocycles. The van der Waals surface area contributed by atoms with Gasteiger partial charge in [-0.25, -0.2) is 24.1 Å². The van der Waals surface area contributed by atoms with E-state index in [1.165, 1.54) is 0 Å². The number of aliphatic carboxylic acids is 1. The van der Waals surface area contributed by atoms with E-state index in [0.717, 1.165) is 27.3 Å². The average molecular weight is 675 g/mol. The van der Waals surface area contributed by atoms with Crippen LogP contribution in [-0.4, -0.2) is 88.8 Å². The van der Waals surface area contributed by atoms with Crippen molar-refractivity contribution >= 4 is 26.1 Å². The van der Waals surface area contributed by atoms with E-state index < -0.39 is 47.6 Å².